The van der Waals surface area contributed by atoms with E-state index < -0.39 is 4.92 Å². The molecule has 2 aromatic heterocycles. The molecule has 2 amide bonds. The van der Waals surface area contributed by atoms with Crippen molar-refractivity contribution in [3.63, 3.8) is 0 Å². The normalized spacial score (nSPS) is 15.3. The lowest BCUT2D eigenvalue weighted by atomic mass is 10.2. The van der Waals surface area contributed by atoms with Crippen LogP contribution < -0.4 is 10.2 Å². The molecule has 1 saturated heterocycles. The lowest BCUT2D eigenvalue weighted by molar-refractivity contribution is -0.384. The molecule has 1 atom stereocenters. The largest absolute Gasteiger partial charge is 0.362 e. The van der Waals surface area contributed by atoms with Crippen LogP contribution in [0.25, 0.3) is 5.65 Å². The van der Waals surface area contributed by atoms with E-state index in [-0.39, 0.29) is 17.8 Å². The number of hydrogen-bond donors (Lipinski definition) is 1. The number of pyridine rings is 1. The minimum Gasteiger partial charge on any atom is -0.362 e. The maximum Gasteiger partial charge on any atom is 0.318 e. The Kier molecular flexibility index (Phi) is 5.40. The predicted molar refractivity (Wildman–Crippen MR) is 112 cm³/mol. The maximum absolute atomic E-state index is 12.7. The molecule has 1 aromatic carbocycles. The van der Waals surface area contributed by atoms with Gasteiger partial charge in [-0.2, -0.15) is 0 Å². The van der Waals surface area contributed by atoms with Gasteiger partial charge in [-0.1, -0.05) is 17.7 Å². The molecule has 156 valence electrons. The lowest BCUT2D eigenvalue weighted by Gasteiger charge is -2.36. The molecule has 30 heavy (non-hydrogen) atoms. The number of fused-ring (bicyclic) bond motifs is 1. The molecule has 1 aliphatic heterocycles. The third-order valence-corrected chi connectivity index (χ3v) is 5.34. The number of hydrogen-bond acceptors (Lipinski definition) is 6. The standard InChI is InChI=1S/C19H20ClN7O3/c1-13(18-23-22-17-4-2-3-7-26(17)18)21-19(28)25-10-8-24(9-11-25)15-6-5-14(20)12-16(15)27(29)30/h2-7,12-13H,8-11H2,1H3,(H,21,28)/t13-/m1/s1. The third kappa shape index (κ3) is 3.86. The van der Waals surface area contributed by atoms with E-state index in [0.717, 1.165) is 0 Å². The van der Waals surface area contributed by atoms with Gasteiger partial charge in [-0.15, -0.1) is 10.2 Å². The Balaban J connectivity index is 1.40. The summed E-state index contributed by atoms with van der Waals surface area (Å²) in [4.78, 5) is 27.2. The van der Waals surface area contributed by atoms with Gasteiger partial charge in [0.2, 0.25) is 0 Å². The number of rotatable bonds is 4. The van der Waals surface area contributed by atoms with E-state index in [9.17, 15) is 14.9 Å². The number of amides is 2. The molecular weight excluding hydrogens is 410 g/mol. The number of carbonyl (C=O) groups excluding carboxylic acids is 1. The summed E-state index contributed by atoms with van der Waals surface area (Å²) in [6.07, 6.45) is 1.85. The number of carbonyl (C=O) groups is 1. The summed E-state index contributed by atoms with van der Waals surface area (Å²) >= 11 is 5.90. The number of aromatic nitrogens is 3. The number of piperazine rings is 1. The fourth-order valence-corrected chi connectivity index (χ4v) is 3.72. The first-order chi connectivity index (χ1) is 14.4. The van der Waals surface area contributed by atoms with Crippen LogP contribution in [0.3, 0.4) is 0 Å². The van der Waals surface area contributed by atoms with Gasteiger partial charge in [-0.3, -0.25) is 14.5 Å². The Morgan fingerprint density at radius 3 is 2.70 bits per heavy atom. The molecule has 0 radical (unpaired) electrons. The van der Waals surface area contributed by atoms with Gasteiger partial charge in [0.15, 0.2) is 11.5 Å². The number of benzene rings is 1. The van der Waals surface area contributed by atoms with Gasteiger partial charge >= 0.3 is 6.03 Å². The van der Waals surface area contributed by atoms with Crippen LogP contribution in [-0.4, -0.2) is 56.6 Å². The summed E-state index contributed by atoms with van der Waals surface area (Å²) in [7, 11) is 0. The van der Waals surface area contributed by atoms with E-state index in [2.05, 4.69) is 15.5 Å². The Morgan fingerprint density at radius 1 is 1.20 bits per heavy atom. The van der Waals surface area contributed by atoms with Gasteiger partial charge in [0.25, 0.3) is 5.69 Å². The van der Waals surface area contributed by atoms with Crippen LogP contribution in [0.5, 0.6) is 0 Å². The van der Waals surface area contributed by atoms with Gasteiger partial charge in [0.05, 0.1) is 11.0 Å². The highest BCUT2D eigenvalue weighted by atomic mass is 35.5. The molecule has 3 aromatic rings. The summed E-state index contributed by atoms with van der Waals surface area (Å²) in [5, 5.41) is 22.9. The SMILES string of the molecule is C[C@@H](NC(=O)N1CCN(c2ccc(Cl)cc2[N+](=O)[O-])CC1)c1nnc2ccccn12. The van der Waals surface area contributed by atoms with Gasteiger partial charge in [0.1, 0.15) is 5.69 Å². The molecule has 1 fully saturated rings. The second-order valence-corrected chi connectivity index (χ2v) is 7.46. The van der Waals surface area contributed by atoms with Crippen LogP contribution in [0.1, 0.15) is 18.8 Å². The number of halogens is 1. The number of nitro groups is 1. The summed E-state index contributed by atoms with van der Waals surface area (Å²) in [6.45, 7) is 3.71. The number of nitrogens with one attached hydrogen (secondary N) is 1. The molecule has 4 rings (SSSR count). The van der Waals surface area contributed by atoms with Gasteiger partial charge in [0, 0.05) is 43.5 Å². The maximum atomic E-state index is 12.7. The Morgan fingerprint density at radius 2 is 1.97 bits per heavy atom. The third-order valence-electron chi connectivity index (χ3n) is 5.11. The van der Waals surface area contributed by atoms with E-state index in [1.54, 1.807) is 17.0 Å². The zero-order chi connectivity index (χ0) is 21.3. The first-order valence-corrected chi connectivity index (χ1v) is 9.86. The molecule has 1 aliphatic rings. The summed E-state index contributed by atoms with van der Waals surface area (Å²) < 4.78 is 1.84. The topological polar surface area (TPSA) is 109 Å². The smallest absolute Gasteiger partial charge is 0.318 e. The Bertz CT molecular complexity index is 1090. The number of anilines is 1. The second-order valence-electron chi connectivity index (χ2n) is 7.02. The molecule has 0 spiro atoms. The van der Waals surface area contributed by atoms with Crippen molar-refractivity contribution >= 4 is 34.7 Å². The second kappa shape index (κ2) is 8.15. The van der Waals surface area contributed by atoms with Crippen LogP contribution >= 0.6 is 11.6 Å². The van der Waals surface area contributed by atoms with E-state index in [1.165, 1.54) is 6.07 Å². The van der Waals surface area contributed by atoms with Crippen LogP contribution in [0.4, 0.5) is 16.2 Å². The van der Waals surface area contributed by atoms with E-state index in [4.69, 9.17) is 11.6 Å². The first kappa shape index (κ1) is 19.9. The fourth-order valence-electron chi connectivity index (χ4n) is 3.56. The van der Waals surface area contributed by atoms with E-state index >= 15 is 0 Å². The van der Waals surface area contributed by atoms with Crippen molar-refractivity contribution in [3.8, 4) is 0 Å². The summed E-state index contributed by atoms with van der Waals surface area (Å²) in [5.74, 6) is 0.648. The highest BCUT2D eigenvalue weighted by Crippen LogP contribution is 2.31. The van der Waals surface area contributed by atoms with Crippen LogP contribution in [0.15, 0.2) is 42.6 Å². The Hall–Kier alpha value is -3.40. The van der Waals surface area contributed by atoms with Crippen LogP contribution in [0, 0.1) is 10.1 Å². The molecule has 3 heterocycles. The van der Waals surface area contributed by atoms with Crippen molar-refractivity contribution in [1.82, 2.24) is 24.8 Å². The highest BCUT2D eigenvalue weighted by molar-refractivity contribution is 6.30. The molecule has 0 aliphatic carbocycles. The molecular formula is C19H20ClN7O3. The van der Waals surface area contributed by atoms with E-state index in [1.807, 2.05) is 40.6 Å². The average Bonchev–Trinajstić information content (AvgIpc) is 3.18. The molecule has 0 unspecified atom stereocenters. The molecule has 0 bridgehead atoms. The van der Waals surface area contributed by atoms with Crippen LogP contribution in [-0.2, 0) is 0 Å². The van der Waals surface area contributed by atoms with E-state index in [0.29, 0.717) is 48.4 Å². The molecule has 11 heteroatoms. The summed E-state index contributed by atoms with van der Waals surface area (Å²) in [5.41, 5.74) is 1.19. The minimum absolute atomic E-state index is 0.0345. The van der Waals surface area contributed by atoms with Crippen LogP contribution in [0.2, 0.25) is 5.02 Å². The minimum atomic E-state index is -0.440. The van der Waals surface area contributed by atoms with Crippen molar-refractivity contribution in [1.29, 1.82) is 0 Å². The Labute approximate surface area is 177 Å². The predicted octanol–water partition coefficient (Wildman–Crippen LogP) is 2.88. The summed E-state index contributed by atoms with van der Waals surface area (Å²) in [6, 6.07) is 9.69. The molecule has 1 N–H and O–H groups in total. The fraction of sp³-hybridized carbons (Fsp3) is 0.316. The van der Waals surface area contributed by atoms with Crippen molar-refractivity contribution in [2.24, 2.45) is 0 Å². The average molecular weight is 430 g/mol. The zero-order valence-corrected chi connectivity index (χ0v) is 17.0. The number of nitro benzene ring substituents is 1. The number of nitrogens with zero attached hydrogens (tertiary/aromatic N) is 6. The monoisotopic (exact) mass is 429 g/mol. The lowest BCUT2D eigenvalue weighted by Crippen LogP contribution is -2.52. The van der Waals surface area contributed by atoms with Gasteiger partial charge in [-0.05, 0) is 31.2 Å². The van der Waals surface area contributed by atoms with Crippen molar-refractivity contribution in [3.05, 3.63) is 63.6 Å². The first-order valence-electron chi connectivity index (χ1n) is 9.48. The van der Waals surface area contributed by atoms with Gasteiger partial charge < -0.3 is 15.1 Å². The molecule has 0 saturated carbocycles. The van der Waals surface area contributed by atoms with Crippen molar-refractivity contribution < 1.29 is 9.72 Å². The number of urea groups is 1. The van der Waals surface area contributed by atoms with Crippen molar-refractivity contribution in [2.75, 3.05) is 31.1 Å². The quantitative estimate of drug-likeness (QED) is 0.504. The molecule has 10 nitrogen and oxygen atoms in total. The zero-order valence-electron chi connectivity index (χ0n) is 16.2. The van der Waals surface area contributed by atoms with Gasteiger partial charge in [-0.25, -0.2) is 4.79 Å². The highest BCUT2D eigenvalue weighted by Gasteiger charge is 2.27. The van der Waals surface area contributed by atoms with Crippen molar-refractivity contribution in [2.45, 2.75) is 13.0 Å².